The highest BCUT2D eigenvalue weighted by molar-refractivity contribution is 6.42. The van der Waals surface area contributed by atoms with E-state index in [0.717, 1.165) is 12.7 Å². The van der Waals surface area contributed by atoms with E-state index in [4.69, 9.17) is 28.0 Å². The van der Waals surface area contributed by atoms with E-state index in [1.807, 2.05) is 0 Å². The molecule has 23 heavy (non-hydrogen) atoms. The van der Waals surface area contributed by atoms with Crippen LogP contribution in [-0.4, -0.2) is 43.4 Å². The van der Waals surface area contributed by atoms with Crippen molar-refractivity contribution in [2.24, 2.45) is 0 Å². The summed E-state index contributed by atoms with van der Waals surface area (Å²) in [5.41, 5.74) is 0.860. The molecule has 0 saturated heterocycles. The highest BCUT2D eigenvalue weighted by Gasteiger charge is 2.19. The van der Waals surface area contributed by atoms with Crippen molar-refractivity contribution in [3.63, 3.8) is 0 Å². The van der Waals surface area contributed by atoms with Gasteiger partial charge in [0.2, 0.25) is 5.78 Å². The molecule has 0 heterocycles. The Kier molecular flexibility index (Phi) is 8.19. The van der Waals surface area contributed by atoms with E-state index in [0.29, 0.717) is 16.6 Å². The second-order valence-corrected chi connectivity index (χ2v) is 5.49. The van der Waals surface area contributed by atoms with E-state index in [1.165, 1.54) is 7.11 Å². The lowest BCUT2D eigenvalue weighted by molar-refractivity contribution is -0.153. The fourth-order valence-corrected chi connectivity index (χ4v) is 2.10. The summed E-state index contributed by atoms with van der Waals surface area (Å²) >= 11 is 11.8. The molecule has 8 heteroatoms. The third-order valence-corrected chi connectivity index (χ3v) is 3.75. The van der Waals surface area contributed by atoms with Gasteiger partial charge in [0.25, 0.3) is 0 Å². The van der Waals surface area contributed by atoms with Gasteiger partial charge < -0.3 is 9.57 Å². The molecule has 0 atom stereocenters. The highest BCUT2D eigenvalue weighted by Crippen LogP contribution is 2.23. The van der Waals surface area contributed by atoms with Crippen molar-refractivity contribution < 1.29 is 24.0 Å². The number of Topliss-reactive ketones (excluding diaryl/α,β-unsaturated/α-hetero) is 2. The van der Waals surface area contributed by atoms with Gasteiger partial charge in [0.15, 0.2) is 0 Å². The fourth-order valence-electron chi connectivity index (χ4n) is 1.78. The lowest BCUT2D eigenvalue weighted by Crippen LogP contribution is -2.26. The van der Waals surface area contributed by atoms with Gasteiger partial charge in [0.1, 0.15) is 5.78 Å². The third kappa shape index (κ3) is 6.66. The zero-order valence-corrected chi connectivity index (χ0v) is 14.3. The van der Waals surface area contributed by atoms with E-state index >= 15 is 0 Å². The van der Waals surface area contributed by atoms with E-state index in [-0.39, 0.29) is 18.7 Å². The zero-order chi connectivity index (χ0) is 17.4. The monoisotopic (exact) mass is 361 g/mol. The van der Waals surface area contributed by atoms with Crippen LogP contribution in [0, 0.1) is 0 Å². The Labute approximate surface area is 144 Å². The summed E-state index contributed by atoms with van der Waals surface area (Å²) in [6.45, 7) is 0.662. The molecule has 1 rings (SSSR count). The molecule has 0 N–H and O–H groups in total. The van der Waals surface area contributed by atoms with Crippen molar-refractivity contribution in [1.82, 2.24) is 5.06 Å². The summed E-state index contributed by atoms with van der Waals surface area (Å²) < 4.78 is 4.26. The Morgan fingerprint density at radius 1 is 1.13 bits per heavy atom. The topological polar surface area (TPSA) is 72.9 Å². The van der Waals surface area contributed by atoms with Gasteiger partial charge in [0, 0.05) is 19.5 Å². The van der Waals surface area contributed by atoms with Crippen molar-refractivity contribution >= 4 is 40.7 Å². The molecule has 1 aromatic carbocycles. The zero-order valence-electron chi connectivity index (χ0n) is 12.8. The summed E-state index contributed by atoms with van der Waals surface area (Å²) in [5, 5.41) is 2.43. The highest BCUT2D eigenvalue weighted by atomic mass is 35.5. The lowest BCUT2D eigenvalue weighted by atomic mass is 10.1. The van der Waals surface area contributed by atoms with E-state index in [9.17, 15) is 14.4 Å². The molecule has 0 aliphatic rings. The first-order chi connectivity index (χ1) is 10.9. The molecule has 0 unspecified atom stereocenters. The van der Waals surface area contributed by atoms with Gasteiger partial charge in [-0.25, -0.2) is 4.79 Å². The number of halogens is 2. The average molecular weight is 362 g/mol. The Balaban J connectivity index is 2.50. The number of rotatable bonds is 9. The number of carbonyl (C=O) groups excluding carboxylic acids is 3. The molecule has 0 bridgehead atoms. The molecule has 0 aromatic heterocycles. The number of ether oxygens (including phenoxy) is 1. The van der Waals surface area contributed by atoms with Crippen molar-refractivity contribution in [2.45, 2.75) is 19.4 Å². The standard InChI is InChI=1S/C15H17Cl2NO5/c1-22-15(21)14(20)8-11(19)5-6-18(23-2)9-10-3-4-12(16)13(17)7-10/h3-4,7H,5-6,8-9H2,1-2H3. The van der Waals surface area contributed by atoms with Crippen LogP contribution < -0.4 is 0 Å². The van der Waals surface area contributed by atoms with Crippen LogP contribution in [0.1, 0.15) is 18.4 Å². The first kappa shape index (κ1) is 19.6. The molecule has 0 amide bonds. The van der Waals surface area contributed by atoms with Crippen molar-refractivity contribution in [3.05, 3.63) is 33.8 Å². The van der Waals surface area contributed by atoms with Gasteiger partial charge in [-0.3, -0.25) is 9.59 Å². The average Bonchev–Trinajstić information content (AvgIpc) is 2.53. The van der Waals surface area contributed by atoms with Gasteiger partial charge in [-0.05, 0) is 17.7 Å². The first-order valence-corrected chi connectivity index (χ1v) is 7.48. The molecule has 126 valence electrons. The minimum Gasteiger partial charge on any atom is -0.463 e. The van der Waals surface area contributed by atoms with Crippen LogP contribution in [0.2, 0.25) is 10.0 Å². The van der Waals surface area contributed by atoms with Crippen molar-refractivity contribution in [1.29, 1.82) is 0 Å². The first-order valence-electron chi connectivity index (χ1n) is 6.73. The SMILES string of the molecule is COC(=O)C(=O)CC(=O)CCN(Cc1ccc(Cl)c(Cl)c1)OC. The quantitative estimate of drug-likeness (QED) is 0.291. The van der Waals surface area contributed by atoms with Crippen LogP contribution in [0.3, 0.4) is 0 Å². The summed E-state index contributed by atoms with van der Waals surface area (Å²) in [7, 11) is 2.57. The molecular weight excluding hydrogens is 345 g/mol. The number of nitrogens with zero attached hydrogens (tertiary/aromatic N) is 1. The Morgan fingerprint density at radius 3 is 2.39 bits per heavy atom. The fraction of sp³-hybridized carbons (Fsp3) is 0.400. The second kappa shape index (κ2) is 9.62. The van der Waals surface area contributed by atoms with Crippen LogP contribution in [0.15, 0.2) is 18.2 Å². The van der Waals surface area contributed by atoms with Gasteiger partial charge in [-0.15, -0.1) is 0 Å². The summed E-state index contributed by atoms with van der Waals surface area (Å²) in [5.74, 6) is -2.24. The molecule has 0 radical (unpaired) electrons. The maximum absolute atomic E-state index is 11.7. The summed E-state index contributed by atoms with van der Waals surface area (Å²) in [6, 6.07) is 5.18. The molecule has 6 nitrogen and oxygen atoms in total. The molecule has 0 saturated carbocycles. The van der Waals surface area contributed by atoms with E-state index < -0.39 is 18.2 Å². The predicted molar refractivity (Wildman–Crippen MR) is 85.1 cm³/mol. The van der Waals surface area contributed by atoms with Gasteiger partial charge in [0.05, 0.1) is 30.7 Å². The number of hydrogen-bond acceptors (Lipinski definition) is 6. The molecular formula is C15H17Cl2NO5. The van der Waals surface area contributed by atoms with E-state index in [2.05, 4.69) is 4.74 Å². The number of esters is 1. The molecule has 1 aromatic rings. The van der Waals surface area contributed by atoms with Crippen LogP contribution in [0.5, 0.6) is 0 Å². The Bertz CT molecular complexity index is 591. The van der Waals surface area contributed by atoms with Crippen molar-refractivity contribution in [2.75, 3.05) is 20.8 Å². The maximum atomic E-state index is 11.7. The van der Waals surface area contributed by atoms with Crippen molar-refractivity contribution in [3.8, 4) is 0 Å². The largest absolute Gasteiger partial charge is 0.463 e. The number of hydrogen-bond donors (Lipinski definition) is 0. The second-order valence-electron chi connectivity index (χ2n) is 4.67. The Hall–Kier alpha value is -1.47. The number of carbonyl (C=O) groups is 3. The van der Waals surface area contributed by atoms with E-state index in [1.54, 1.807) is 23.3 Å². The molecule has 0 fully saturated rings. The lowest BCUT2D eigenvalue weighted by Gasteiger charge is -2.19. The van der Waals surface area contributed by atoms with Gasteiger partial charge >= 0.3 is 5.97 Å². The third-order valence-electron chi connectivity index (χ3n) is 3.01. The number of benzene rings is 1. The predicted octanol–water partition coefficient (Wildman–Crippen LogP) is 2.45. The van der Waals surface area contributed by atoms with Gasteiger partial charge in [-0.2, -0.15) is 5.06 Å². The minimum absolute atomic E-state index is 0.0674. The molecule has 0 spiro atoms. The Morgan fingerprint density at radius 2 is 1.83 bits per heavy atom. The summed E-state index contributed by atoms with van der Waals surface area (Å²) in [4.78, 5) is 39.1. The maximum Gasteiger partial charge on any atom is 0.374 e. The number of ketones is 2. The molecule has 0 aliphatic heterocycles. The molecule has 0 aliphatic carbocycles. The van der Waals surface area contributed by atoms with Gasteiger partial charge in [-0.1, -0.05) is 29.3 Å². The number of hydroxylamine groups is 2. The smallest absolute Gasteiger partial charge is 0.374 e. The number of methoxy groups -OCH3 is 1. The van der Waals surface area contributed by atoms with Crippen LogP contribution >= 0.6 is 23.2 Å². The van der Waals surface area contributed by atoms with Crippen LogP contribution in [-0.2, 0) is 30.5 Å². The minimum atomic E-state index is -1.02. The normalized spacial score (nSPS) is 10.7. The van der Waals surface area contributed by atoms with Crippen LogP contribution in [0.4, 0.5) is 0 Å². The summed E-state index contributed by atoms with van der Waals surface area (Å²) in [6.07, 6.45) is -0.408. The van der Waals surface area contributed by atoms with Crippen LogP contribution in [0.25, 0.3) is 0 Å².